The highest BCUT2D eigenvalue weighted by Crippen LogP contribution is 2.36. The van der Waals surface area contributed by atoms with E-state index in [1.807, 2.05) is 30.3 Å². The van der Waals surface area contributed by atoms with Gasteiger partial charge in [0.2, 0.25) is 0 Å². The zero-order valence-electron chi connectivity index (χ0n) is 14.7. The van der Waals surface area contributed by atoms with Gasteiger partial charge < -0.3 is 15.4 Å². The van der Waals surface area contributed by atoms with Gasteiger partial charge in [-0.1, -0.05) is 30.3 Å². The SMILES string of the molecule is COC(=O)c1cc(-c2ccccc2)sc1NC(=S)Nc1c(F)c(F)cc(F)c1F. The molecule has 2 N–H and O–H groups in total. The molecular formula is C19H12F4N2O2S2. The molecular weight excluding hydrogens is 428 g/mol. The summed E-state index contributed by atoms with van der Waals surface area (Å²) in [6.45, 7) is 0. The van der Waals surface area contributed by atoms with Crippen molar-refractivity contribution in [3.05, 3.63) is 71.3 Å². The van der Waals surface area contributed by atoms with Crippen LogP contribution in [0.25, 0.3) is 10.4 Å². The summed E-state index contributed by atoms with van der Waals surface area (Å²) in [6, 6.07) is 10.8. The van der Waals surface area contributed by atoms with Crippen LogP contribution in [-0.2, 0) is 4.74 Å². The third-order valence-electron chi connectivity index (χ3n) is 3.77. The first-order chi connectivity index (χ1) is 13.8. The molecule has 1 aromatic heterocycles. The molecule has 0 atom stereocenters. The summed E-state index contributed by atoms with van der Waals surface area (Å²) >= 11 is 6.12. The Kier molecular flexibility index (Phi) is 6.14. The molecule has 3 aromatic rings. The maximum atomic E-state index is 13.8. The average molecular weight is 440 g/mol. The maximum Gasteiger partial charge on any atom is 0.340 e. The molecule has 0 amide bonds. The lowest BCUT2D eigenvalue weighted by Crippen LogP contribution is -2.22. The van der Waals surface area contributed by atoms with Gasteiger partial charge in [0.25, 0.3) is 0 Å². The Morgan fingerprint density at radius 2 is 1.62 bits per heavy atom. The number of ether oxygens (including phenoxy) is 1. The van der Waals surface area contributed by atoms with Gasteiger partial charge in [-0.2, -0.15) is 0 Å². The molecule has 10 heteroatoms. The van der Waals surface area contributed by atoms with Crippen molar-refractivity contribution < 1.29 is 27.1 Å². The van der Waals surface area contributed by atoms with E-state index in [1.165, 1.54) is 7.11 Å². The zero-order chi connectivity index (χ0) is 21.1. The number of methoxy groups -OCH3 is 1. The summed E-state index contributed by atoms with van der Waals surface area (Å²) in [5.74, 6) is -7.07. The van der Waals surface area contributed by atoms with Crippen molar-refractivity contribution >= 4 is 45.3 Å². The minimum absolute atomic E-state index is 0.0904. The molecule has 0 fully saturated rings. The van der Waals surface area contributed by atoms with Crippen molar-refractivity contribution in [2.24, 2.45) is 0 Å². The molecule has 2 aromatic carbocycles. The van der Waals surface area contributed by atoms with Crippen LogP contribution in [0.3, 0.4) is 0 Å². The number of carbonyl (C=O) groups is 1. The van der Waals surface area contributed by atoms with Gasteiger partial charge >= 0.3 is 5.97 Å². The molecule has 0 aliphatic rings. The molecule has 4 nitrogen and oxygen atoms in total. The number of carbonyl (C=O) groups excluding carboxylic acids is 1. The molecule has 0 spiro atoms. The van der Waals surface area contributed by atoms with E-state index in [-0.39, 0.29) is 21.7 Å². The second kappa shape index (κ2) is 8.58. The third kappa shape index (κ3) is 4.38. The van der Waals surface area contributed by atoms with Crippen LogP contribution in [-0.4, -0.2) is 18.2 Å². The highest BCUT2D eigenvalue weighted by Gasteiger charge is 2.22. The highest BCUT2D eigenvalue weighted by molar-refractivity contribution is 7.80. The fourth-order valence-electron chi connectivity index (χ4n) is 2.42. The molecule has 0 saturated heterocycles. The Balaban J connectivity index is 1.91. The number of thiophene rings is 1. The molecule has 0 unspecified atom stereocenters. The topological polar surface area (TPSA) is 50.4 Å². The molecule has 0 radical (unpaired) electrons. The molecule has 3 rings (SSSR count). The van der Waals surface area contributed by atoms with E-state index in [2.05, 4.69) is 10.6 Å². The Morgan fingerprint density at radius 1 is 1.00 bits per heavy atom. The van der Waals surface area contributed by atoms with Crippen molar-refractivity contribution in [2.75, 3.05) is 17.7 Å². The van der Waals surface area contributed by atoms with E-state index in [1.54, 1.807) is 6.07 Å². The first-order valence-electron chi connectivity index (χ1n) is 8.00. The maximum absolute atomic E-state index is 13.8. The normalized spacial score (nSPS) is 10.5. The van der Waals surface area contributed by atoms with Crippen molar-refractivity contribution in [1.82, 2.24) is 0 Å². The number of anilines is 2. The number of halogens is 4. The molecule has 1 heterocycles. The van der Waals surface area contributed by atoms with Crippen LogP contribution < -0.4 is 10.6 Å². The number of nitrogens with one attached hydrogen (secondary N) is 2. The molecule has 29 heavy (non-hydrogen) atoms. The van der Waals surface area contributed by atoms with Crippen LogP contribution in [0.4, 0.5) is 28.3 Å². The van der Waals surface area contributed by atoms with E-state index in [9.17, 15) is 22.4 Å². The Bertz CT molecular complexity index is 1060. The van der Waals surface area contributed by atoms with Crippen LogP contribution in [0.5, 0.6) is 0 Å². The summed E-state index contributed by atoms with van der Waals surface area (Å²) in [6.07, 6.45) is 0. The number of rotatable bonds is 4. The second-order valence-corrected chi connectivity index (χ2v) is 7.09. The quantitative estimate of drug-likeness (QED) is 0.241. The van der Waals surface area contributed by atoms with Crippen LogP contribution in [0.15, 0.2) is 42.5 Å². The minimum Gasteiger partial charge on any atom is -0.465 e. The van der Waals surface area contributed by atoms with Gasteiger partial charge in [0.15, 0.2) is 28.4 Å². The van der Waals surface area contributed by atoms with E-state index >= 15 is 0 Å². The van der Waals surface area contributed by atoms with Gasteiger partial charge in [0.05, 0.1) is 12.7 Å². The van der Waals surface area contributed by atoms with Crippen LogP contribution in [0.2, 0.25) is 0 Å². The highest BCUT2D eigenvalue weighted by atomic mass is 32.1. The van der Waals surface area contributed by atoms with Crippen molar-refractivity contribution in [3.63, 3.8) is 0 Å². The van der Waals surface area contributed by atoms with Crippen LogP contribution in [0.1, 0.15) is 10.4 Å². The van der Waals surface area contributed by atoms with Gasteiger partial charge in [0.1, 0.15) is 10.7 Å². The van der Waals surface area contributed by atoms with E-state index in [4.69, 9.17) is 17.0 Å². The monoisotopic (exact) mass is 440 g/mol. The van der Waals surface area contributed by atoms with Crippen molar-refractivity contribution in [3.8, 4) is 10.4 Å². The molecule has 0 aliphatic heterocycles. The van der Waals surface area contributed by atoms with Crippen molar-refractivity contribution in [2.45, 2.75) is 0 Å². The van der Waals surface area contributed by atoms with Gasteiger partial charge in [-0.25, -0.2) is 22.4 Å². The second-order valence-electron chi connectivity index (χ2n) is 5.63. The smallest absolute Gasteiger partial charge is 0.340 e. The number of thiocarbonyl (C=S) groups is 1. The fourth-order valence-corrected chi connectivity index (χ4v) is 3.75. The summed E-state index contributed by atoms with van der Waals surface area (Å²) in [5, 5.41) is 4.56. The fraction of sp³-hybridized carbons (Fsp3) is 0.0526. The number of hydrogen-bond acceptors (Lipinski definition) is 4. The Hall–Kier alpha value is -2.98. The summed E-state index contributed by atoms with van der Waals surface area (Å²) in [5.41, 5.74) is -0.134. The van der Waals surface area contributed by atoms with Crippen LogP contribution >= 0.6 is 23.6 Å². The van der Waals surface area contributed by atoms with Gasteiger partial charge in [-0.15, -0.1) is 11.3 Å². The summed E-state index contributed by atoms with van der Waals surface area (Å²) < 4.78 is 59.1. The third-order valence-corrected chi connectivity index (χ3v) is 5.08. The lowest BCUT2D eigenvalue weighted by atomic mass is 10.1. The van der Waals surface area contributed by atoms with Gasteiger partial charge in [-0.05, 0) is 23.8 Å². The standard InChI is InChI=1S/C19H12F4N2O2S2/c1-27-18(26)10-7-13(9-5-3-2-4-6-9)29-17(10)25-19(28)24-16-14(22)11(20)8-12(21)15(16)23/h2-8H,1H3,(H2,24,25,28). The lowest BCUT2D eigenvalue weighted by Gasteiger charge is -2.12. The minimum atomic E-state index is -1.63. The van der Waals surface area contributed by atoms with Crippen LogP contribution in [0, 0.1) is 23.3 Å². The Morgan fingerprint density at radius 3 is 2.21 bits per heavy atom. The predicted molar refractivity (Wildman–Crippen MR) is 107 cm³/mol. The summed E-state index contributed by atoms with van der Waals surface area (Å²) in [4.78, 5) is 12.8. The first-order valence-corrected chi connectivity index (χ1v) is 9.22. The van der Waals surface area contributed by atoms with Crippen molar-refractivity contribution in [1.29, 1.82) is 0 Å². The van der Waals surface area contributed by atoms with Gasteiger partial charge in [0, 0.05) is 10.9 Å². The lowest BCUT2D eigenvalue weighted by molar-refractivity contribution is 0.0602. The number of hydrogen-bond donors (Lipinski definition) is 2. The average Bonchev–Trinajstić information content (AvgIpc) is 3.13. The molecule has 0 aliphatic carbocycles. The predicted octanol–water partition coefficient (Wildman–Crippen LogP) is 5.57. The first kappa shape index (κ1) is 20.7. The summed E-state index contributed by atoms with van der Waals surface area (Å²) in [7, 11) is 1.20. The van der Waals surface area contributed by atoms with E-state index < -0.39 is 34.9 Å². The Labute approximate surface area is 172 Å². The molecule has 150 valence electrons. The van der Waals surface area contributed by atoms with E-state index in [0.29, 0.717) is 4.88 Å². The van der Waals surface area contributed by atoms with Gasteiger partial charge in [-0.3, -0.25) is 0 Å². The number of benzene rings is 2. The molecule has 0 bridgehead atoms. The zero-order valence-corrected chi connectivity index (χ0v) is 16.3. The van der Waals surface area contributed by atoms with E-state index in [0.717, 1.165) is 16.9 Å². The number of esters is 1. The largest absolute Gasteiger partial charge is 0.465 e. The molecule has 0 saturated carbocycles.